The highest BCUT2D eigenvalue weighted by molar-refractivity contribution is 7.11. The molecule has 1 saturated heterocycles. The van der Waals surface area contributed by atoms with Gasteiger partial charge < -0.3 is 10.1 Å². The summed E-state index contributed by atoms with van der Waals surface area (Å²) in [6.07, 6.45) is 1.20. The van der Waals surface area contributed by atoms with Crippen LogP contribution >= 0.6 is 22.9 Å². The first kappa shape index (κ1) is 21.9. The van der Waals surface area contributed by atoms with Crippen molar-refractivity contribution in [3.8, 4) is 0 Å². The summed E-state index contributed by atoms with van der Waals surface area (Å²) in [6, 6.07) is 3.17. The first-order chi connectivity index (χ1) is 15.0. The number of aliphatic imine (C=N–C) groups is 1. The van der Waals surface area contributed by atoms with E-state index in [-0.39, 0.29) is 23.7 Å². The van der Waals surface area contributed by atoms with Crippen molar-refractivity contribution in [1.82, 2.24) is 15.2 Å². The van der Waals surface area contributed by atoms with Crippen LogP contribution in [0.25, 0.3) is 0 Å². The maximum absolute atomic E-state index is 13.8. The molecule has 0 spiro atoms. The average molecular weight is 467 g/mol. The smallest absolute Gasteiger partial charge is 0.338 e. The summed E-state index contributed by atoms with van der Waals surface area (Å²) in [5.41, 5.74) is 1.31. The molecule has 1 fully saturated rings. The lowest BCUT2D eigenvalue weighted by Gasteiger charge is -2.29. The lowest BCUT2D eigenvalue weighted by Crippen LogP contribution is -2.39. The van der Waals surface area contributed by atoms with Gasteiger partial charge >= 0.3 is 5.97 Å². The molecule has 1 N–H and O–H groups in total. The second-order valence-electron chi connectivity index (χ2n) is 7.24. The maximum atomic E-state index is 13.8. The van der Waals surface area contributed by atoms with Crippen LogP contribution in [0.3, 0.4) is 0 Å². The van der Waals surface area contributed by atoms with E-state index in [1.807, 2.05) is 10.3 Å². The Morgan fingerprint density at radius 1 is 1.45 bits per heavy atom. The largest absolute Gasteiger partial charge is 0.463 e. The second kappa shape index (κ2) is 9.42. The lowest BCUT2D eigenvalue weighted by atomic mass is 9.95. The molecule has 31 heavy (non-hydrogen) atoms. The van der Waals surface area contributed by atoms with Gasteiger partial charge in [-0.25, -0.2) is 18.6 Å². The van der Waals surface area contributed by atoms with E-state index in [0.29, 0.717) is 41.6 Å². The van der Waals surface area contributed by atoms with Crippen molar-refractivity contribution < 1.29 is 18.3 Å². The molecule has 0 amide bonds. The van der Waals surface area contributed by atoms with Gasteiger partial charge in [-0.1, -0.05) is 17.7 Å². The van der Waals surface area contributed by atoms with Crippen molar-refractivity contribution in [2.75, 3.05) is 26.2 Å². The number of aromatic nitrogens is 1. The fourth-order valence-electron chi connectivity index (χ4n) is 3.72. The highest BCUT2D eigenvalue weighted by Crippen LogP contribution is 2.37. The minimum absolute atomic E-state index is 0.153. The van der Waals surface area contributed by atoms with E-state index in [9.17, 15) is 13.6 Å². The number of likely N-dealkylation sites (tertiary alicyclic amines) is 1. The van der Waals surface area contributed by atoms with Crippen LogP contribution in [0, 0.1) is 5.82 Å². The number of halogens is 3. The Balaban J connectivity index is 1.81. The molecule has 4 rings (SSSR count). The Hall–Kier alpha value is -2.36. The van der Waals surface area contributed by atoms with E-state index >= 15 is 0 Å². The zero-order valence-electron chi connectivity index (χ0n) is 16.8. The van der Waals surface area contributed by atoms with Crippen LogP contribution < -0.4 is 5.32 Å². The van der Waals surface area contributed by atoms with Crippen LogP contribution in [0.1, 0.15) is 30.0 Å². The SMILES string of the molecule is CCOC(=O)C1=C(CN2CC[C@H](F)C2)NC(c2nccs2)=N[C@H]1c1ccc(F)cc1Cl. The van der Waals surface area contributed by atoms with Gasteiger partial charge in [-0.2, -0.15) is 0 Å². The Morgan fingerprint density at radius 3 is 2.94 bits per heavy atom. The fraction of sp³-hybridized carbons (Fsp3) is 0.381. The Morgan fingerprint density at radius 2 is 2.29 bits per heavy atom. The van der Waals surface area contributed by atoms with Crippen LogP contribution in [0.15, 0.2) is 46.0 Å². The van der Waals surface area contributed by atoms with Crippen LogP contribution in [-0.4, -0.2) is 54.1 Å². The molecule has 164 valence electrons. The van der Waals surface area contributed by atoms with Crippen molar-refractivity contribution in [2.45, 2.75) is 25.6 Å². The zero-order valence-corrected chi connectivity index (χ0v) is 18.3. The number of alkyl halides is 1. The first-order valence-corrected chi connectivity index (χ1v) is 11.2. The minimum atomic E-state index is -0.898. The number of nitrogens with one attached hydrogen (secondary N) is 1. The summed E-state index contributed by atoms with van der Waals surface area (Å²) in [5, 5.41) is 5.82. The van der Waals surface area contributed by atoms with Crippen molar-refractivity contribution in [3.63, 3.8) is 0 Å². The number of rotatable bonds is 6. The second-order valence-corrected chi connectivity index (χ2v) is 8.54. The van der Waals surface area contributed by atoms with Gasteiger partial charge in [-0.3, -0.25) is 9.89 Å². The van der Waals surface area contributed by atoms with Gasteiger partial charge in [0.25, 0.3) is 0 Å². The standard InChI is InChI=1S/C21H21ClF2N4O2S/c1-2-30-21(29)17-16(11-28-7-5-13(24)10-28)26-19(20-25-6-8-31-20)27-18(17)14-4-3-12(23)9-15(14)22/h3-4,6,8-9,13,18H,2,5,7,10-11H2,1H3,(H,26,27)/t13-,18-/m0/s1. The molecule has 0 saturated carbocycles. The molecule has 2 aliphatic rings. The van der Waals surface area contributed by atoms with Crippen molar-refractivity contribution in [1.29, 1.82) is 0 Å². The molecule has 2 aromatic rings. The third kappa shape index (κ3) is 4.78. The van der Waals surface area contributed by atoms with E-state index in [1.54, 1.807) is 13.1 Å². The molecule has 2 atom stereocenters. The zero-order chi connectivity index (χ0) is 22.0. The number of nitrogens with zero attached hydrogens (tertiary/aromatic N) is 3. The van der Waals surface area contributed by atoms with Crippen LogP contribution in [0.2, 0.25) is 5.02 Å². The predicted molar refractivity (Wildman–Crippen MR) is 116 cm³/mol. The number of carbonyl (C=O) groups is 1. The molecule has 0 bridgehead atoms. The molecule has 0 aliphatic carbocycles. The molecular formula is C21H21ClF2N4O2S. The van der Waals surface area contributed by atoms with Gasteiger partial charge in [-0.05, 0) is 25.5 Å². The fourth-order valence-corrected chi connectivity index (χ4v) is 4.58. The molecule has 3 heterocycles. The molecular weight excluding hydrogens is 446 g/mol. The highest BCUT2D eigenvalue weighted by Gasteiger charge is 2.35. The van der Waals surface area contributed by atoms with E-state index in [4.69, 9.17) is 21.3 Å². The number of thiazole rings is 1. The summed E-state index contributed by atoms with van der Waals surface area (Å²) in [5.74, 6) is -0.562. The summed E-state index contributed by atoms with van der Waals surface area (Å²) in [7, 11) is 0. The monoisotopic (exact) mass is 466 g/mol. The van der Waals surface area contributed by atoms with Crippen LogP contribution in [0.5, 0.6) is 0 Å². The number of hydrogen-bond acceptors (Lipinski definition) is 7. The van der Waals surface area contributed by atoms with Crippen LogP contribution in [0.4, 0.5) is 8.78 Å². The number of amidine groups is 1. The van der Waals surface area contributed by atoms with E-state index in [2.05, 4.69) is 10.3 Å². The third-order valence-electron chi connectivity index (χ3n) is 5.11. The number of carbonyl (C=O) groups excluding carboxylic acids is 1. The maximum Gasteiger partial charge on any atom is 0.338 e. The van der Waals surface area contributed by atoms with Crippen LogP contribution in [-0.2, 0) is 9.53 Å². The Labute approximate surface area is 187 Å². The topological polar surface area (TPSA) is 66.8 Å². The number of hydrogen-bond donors (Lipinski definition) is 1. The number of esters is 1. The van der Waals surface area contributed by atoms with Crippen molar-refractivity contribution >= 4 is 34.7 Å². The molecule has 1 aromatic carbocycles. The van der Waals surface area contributed by atoms with Gasteiger partial charge in [0, 0.05) is 47.5 Å². The Kier molecular flexibility index (Phi) is 6.64. The first-order valence-electron chi connectivity index (χ1n) is 9.92. The summed E-state index contributed by atoms with van der Waals surface area (Å²) in [6.45, 7) is 3.07. The minimum Gasteiger partial charge on any atom is -0.463 e. The molecule has 10 heteroatoms. The Bertz CT molecular complexity index is 1030. The molecule has 1 aromatic heterocycles. The van der Waals surface area contributed by atoms with Gasteiger partial charge in [0.2, 0.25) is 0 Å². The summed E-state index contributed by atoms with van der Waals surface area (Å²) >= 11 is 7.73. The van der Waals surface area contributed by atoms with Gasteiger partial charge in [0.15, 0.2) is 10.8 Å². The van der Waals surface area contributed by atoms with Gasteiger partial charge in [-0.15, -0.1) is 11.3 Å². The number of benzene rings is 1. The van der Waals surface area contributed by atoms with E-state index in [0.717, 1.165) is 0 Å². The average Bonchev–Trinajstić information content (AvgIpc) is 3.40. The molecule has 0 unspecified atom stereocenters. The quantitative estimate of drug-likeness (QED) is 0.654. The normalized spacial score (nSPS) is 21.7. The molecule has 2 aliphatic heterocycles. The van der Waals surface area contributed by atoms with E-state index < -0.39 is 24.0 Å². The number of ether oxygens (including phenoxy) is 1. The van der Waals surface area contributed by atoms with Crippen molar-refractivity contribution in [2.24, 2.45) is 4.99 Å². The van der Waals surface area contributed by atoms with E-state index in [1.165, 1.54) is 29.5 Å². The molecule has 6 nitrogen and oxygen atoms in total. The van der Waals surface area contributed by atoms with Gasteiger partial charge in [0.1, 0.15) is 18.0 Å². The third-order valence-corrected chi connectivity index (χ3v) is 6.22. The van der Waals surface area contributed by atoms with Gasteiger partial charge in [0.05, 0.1) is 12.2 Å². The summed E-state index contributed by atoms with van der Waals surface area (Å²) < 4.78 is 32.8. The lowest BCUT2D eigenvalue weighted by molar-refractivity contribution is -0.139. The van der Waals surface area contributed by atoms with Crippen molar-refractivity contribution in [3.05, 3.63) is 62.5 Å². The molecule has 0 radical (unpaired) electrons. The predicted octanol–water partition coefficient (Wildman–Crippen LogP) is 3.89. The summed E-state index contributed by atoms with van der Waals surface area (Å²) in [4.78, 5) is 23.9. The highest BCUT2D eigenvalue weighted by atomic mass is 35.5.